The zero-order valence-corrected chi connectivity index (χ0v) is 19.4. The molecule has 0 aromatic rings. The van der Waals surface area contributed by atoms with E-state index in [1.807, 2.05) is 0 Å². The summed E-state index contributed by atoms with van der Waals surface area (Å²) in [5.41, 5.74) is 0. The molecule has 2 N–H and O–H groups in total. The van der Waals surface area contributed by atoms with Crippen molar-refractivity contribution >= 4 is 28.0 Å². The van der Waals surface area contributed by atoms with Gasteiger partial charge < -0.3 is 9.84 Å². The lowest BCUT2D eigenvalue weighted by atomic mass is 10.1. The molecule has 1 unspecified atom stereocenters. The summed E-state index contributed by atoms with van der Waals surface area (Å²) in [5.74, 6) is -4.10. The Kier molecular flexibility index (Phi) is 16.9. The molecule has 0 radical (unpaired) electrons. The Labute approximate surface area is 186 Å². The Hall–Kier alpha value is -1.74. The van der Waals surface area contributed by atoms with Gasteiger partial charge in [0, 0.05) is 6.42 Å². The minimum absolute atomic E-state index is 0.0742. The van der Waals surface area contributed by atoms with E-state index in [0.29, 0.717) is 6.42 Å². The first-order chi connectivity index (χ1) is 14.7. The predicted octanol–water partition coefficient (Wildman–Crippen LogP) is 4.82. The Morgan fingerprint density at radius 3 is 1.81 bits per heavy atom. The third kappa shape index (κ3) is 17.6. The molecule has 0 bridgehead atoms. The topological polar surface area (TPSA) is 135 Å². The van der Waals surface area contributed by atoms with Gasteiger partial charge in [0.25, 0.3) is 10.1 Å². The van der Waals surface area contributed by atoms with Crippen molar-refractivity contribution in [2.75, 3.05) is 0 Å². The zero-order chi connectivity index (χ0) is 23.5. The number of unbranched alkanes of at least 4 members (excludes halogenated alkanes) is 11. The molecule has 8 nitrogen and oxygen atoms in total. The van der Waals surface area contributed by atoms with Gasteiger partial charge in [-0.2, -0.15) is 8.42 Å². The molecule has 31 heavy (non-hydrogen) atoms. The summed E-state index contributed by atoms with van der Waals surface area (Å²) >= 11 is 0. The number of carboxylic acid groups (broad SMARTS) is 1. The molecule has 9 heteroatoms. The highest BCUT2D eigenvalue weighted by Gasteiger charge is 2.36. The van der Waals surface area contributed by atoms with Crippen LogP contribution in [0.15, 0.2) is 12.2 Å². The Morgan fingerprint density at radius 1 is 0.839 bits per heavy atom. The first kappa shape index (κ1) is 29.3. The number of rotatable bonds is 19. The van der Waals surface area contributed by atoms with Crippen molar-refractivity contribution in [3.05, 3.63) is 12.2 Å². The van der Waals surface area contributed by atoms with Gasteiger partial charge >= 0.3 is 17.9 Å². The van der Waals surface area contributed by atoms with E-state index in [1.54, 1.807) is 0 Å². The fourth-order valence-corrected chi connectivity index (χ4v) is 3.68. The van der Waals surface area contributed by atoms with Gasteiger partial charge in [-0.05, 0) is 32.1 Å². The second-order valence-corrected chi connectivity index (χ2v) is 9.33. The van der Waals surface area contributed by atoms with Gasteiger partial charge in [0.05, 0.1) is 6.42 Å². The number of allylic oxidation sites excluding steroid dienone is 2. The minimum atomic E-state index is -4.97. The lowest BCUT2D eigenvalue weighted by Crippen LogP contribution is -2.35. The molecular formula is C22H38O8S. The van der Waals surface area contributed by atoms with Crippen LogP contribution in [0.4, 0.5) is 0 Å². The number of esters is 2. The normalized spacial score (nSPS) is 12.7. The number of carbonyl (C=O) groups excluding carboxylic acids is 2. The maximum absolute atomic E-state index is 11.6. The molecule has 0 aromatic heterocycles. The number of hydrogen-bond donors (Lipinski definition) is 2. The van der Waals surface area contributed by atoms with E-state index >= 15 is 0 Å². The monoisotopic (exact) mass is 462 g/mol. The Balaban J connectivity index is 3.76. The van der Waals surface area contributed by atoms with Crippen molar-refractivity contribution in [3.63, 3.8) is 0 Å². The van der Waals surface area contributed by atoms with Crippen LogP contribution < -0.4 is 0 Å². The number of carbonyl (C=O) groups is 3. The second kappa shape index (κ2) is 17.9. The molecule has 0 rings (SSSR count). The smallest absolute Gasteiger partial charge is 0.335 e. The zero-order valence-electron chi connectivity index (χ0n) is 18.6. The summed E-state index contributed by atoms with van der Waals surface area (Å²) in [6.45, 7) is 2.22. The second-order valence-electron chi connectivity index (χ2n) is 7.73. The van der Waals surface area contributed by atoms with E-state index in [9.17, 15) is 22.8 Å². The first-order valence-corrected chi connectivity index (χ1v) is 12.8. The summed E-state index contributed by atoms with van der Waals surface area (Å²) in [4.78, 5) is 33.9. The molecular weight excluding hydrogens is 424 g/mol. The van der Waals surface area contributed by atoms with Gasteiger partial charge in [-0.3, -0.25) is 18.9 Å². The number of carboxylic acids is 1. The molecule has 0 saturated carbocycles. The van der Waals surface area contributed by atoms with Crippen LogP contribution in [0.1, 0.15) is 103 Å². The van der Waals surface area contributed by atoms with Crippen LogP contribution in [0.25, 0.3) is 0 Å². The van der Waals surface area contributed by atoms with Crippen molar-refractivity contribution in [2.24, 2.45) is 0 Å². The molecule has 0 aliphatic heterocycles. The minimum Gasteiger partial charge on any atom is -0.481 e. The molecule has 0 saturated heterocycles. The molecule has 0 aliphatic carbocycles. The van der Waals surface area contributed by atoms with Crippen molar-refractivity contribution in [1.29, 1.82) is 0 Å². The van der Waals surface area contributed by atoms with E-state index in [2.05, 4.69) is 23.8 Å². The van der Waals surface area contributed by atoms with E-state index in [-0.39, 0.29) is 6.42 Å². The molecule has 1 atom stereocenters. The highest BCUT2D eigenvalue weighted by molar-refractivity contribution is 7.87. The van der Waals surface area contributed by atoms with Gasteiger partial charge in [0.15, 0.2) is 5.25 Å². The molecule has 0 aromatic carbocycles. The highest BCUT2D eigenvalue weighted by Crippen LogP contribution is 2.12. The van der Waals surface area contributed by atoms with Crippen LogP contribution >= 0.6 is 0 Å². The molecule has 0 amide bonds. The fourth-order valence-electron chi connectivity index (χ4n) is 3.04. The van der Waals surface area contributed by atoms with Gasteiger partial charge in [0.1, 0.15) is 0 Å². The highest BCUT2D eigenvalue weighted by atomic mass is 32.2. The quantitative estimate of drug-likeness (QED) is 0.0916. The largest absolute Gasteiger partial charge is 0.481 e. The molecule has 0 heterocycles. The summed E-state index contributed by atoms with van der Waals surface area (Å²) in [5, 5.41) is 6.31. The predicted molar refractivity (Wildman–Crippen MR) is 118 cm³/mol. The summed E-state index contributed by atoms with van der Waals surface area (Å²) in [6, 6.07) is 0. The van der Waals surface area contributed by atoms with Crippen molar-refractivity contribution in [3.8, 4) is 0 Å². The van der Waals surface area contributed by atoms with Crippen LogP contribution in [0, 0.1) is 0 Å². The SMILES string of the molecule is CCCCCCCC/C=C\CCCCCCCC(=O)OC(=O)C(CC(=O)O)S(=O)(=O)O. The van der Waals surface area contributed by atoms with E-state index in [0.717, 1.165) is 38.5 Å². The standard InChI is InChI=1S/C22H38O8S/c1-2-3-4-5-6-7-8-9-10-11-12-13-14-15-16-17-21(25)30-22(26)19(18-20(23)24)31(27,28)29/h9-10,19H,2-8,11-18H2,1H3,(H,23,24)(H,27,28,29)/b10-9-. The van der Waals surface area contributed by atoms with Crippen LogP contribution in [0.5, 0.6) is 0 Å². The van der Waals surface area contributed by atoms with E-state index in [4.69, 9.17) is 9.66 Å². The van der Waals surface area contributed by atoms with Gasteiger partial charge in [0.2, 0.25) is 0 Å². The number of hydrogen-bond acceptors (Lipinski definition) is 6. The third-order valence-electron chi connectivity index (χ3n) is 4.84. The number of ether oxygens (including phenoxy) is 1. The Morgan fingerprint density at radius 2 is 1.32 bits per heavy atom. The summed E-state index contributed by atoms with van der Waals surface area (Å²) in [6.07, 6.45) is 17.5. The number of aliphatic carboxylic acids is 1. The van der Waals surface area contributed by atoms with Crippen molar-refractivity contribution < 1.29 is 37.2 Å². The van der Waals surface area contributed by atoms with Crippen LogP contribution in [0.3, 0.4) is 0 Å². The molecule has 180 valence electrons. The van der Waals surface area contributed by atoms with E-state index in [1.165, 1.54) is 38.5 Å². The Bertz CT molecular complexity index is 654. The lowest BCUT2D eigenvalue weighted by molar-refractivity contribution is -0.160. The maximum Gasteiger partial charge on any atom is 0.335 e. The van der Waals surface area contributed by atoms with Gasteiger partial charge in [-0.1, -0.05) is 70.4 Å². The average Bonchev–Trinajstić information content (AvgIpc) is 2.68. The molecule has 0 aliphatic rings. The average molecular weight is 463 g/mol. The molecule has 0 spiro atoms. The van der Waals surface area contributed by atoms with Crippen LogP contribution in [0.2, 0.25) is 0 Å². The van der Waals surface area contributed by atoms with Crippen LogP contribution in [-0.4, -0.2) is 41.2 Å². The molecule has 0 fully saturated rings. The lowest BCUT2D eigenvalue weighted by Gasteiger charge is -2.10. The first-order valence-electron chi connectivity index (χ1n) is 11.3. The maximum atomic E-state index is 11.6. The fraction of sp³-hybridized carbons (Fsp3) is 0.773. The van der Waals surface area contributed by atoms with Gasteiger partial charge in [-0.15, -0.1) is 0 Å². The summed E-state index contributed by atoms with van der Waals surface area (Å²) < 4.78 is 35.4. The van der Waals surface area contributed by atoms with Crippen molar-refractivity contribution in [1.82, 2.24) is 0 Å². The van der Waals surface area contributed by atoms with E-state index < -0.39 is 39.7 Å². The summed E-state index contributed by atoms with van der Waals surface area (Å²) in [7, 11) is -4.97. The van der Waals surface area contributed by atoms with Gasteiger partial charge in [-0.25, -0.2) is 0 Å². The van der Waals surface area contributed by atoms with Crippen LogP contribution in [-0.2, 0) is 29.2 Å². The third-order valence-corrected chi connectivity index (χ3v) is 5.92. The van der Waals surface area contributed by atoms with Crippen molar-refractivity contribution in [2.45, 2.75) is 108 Å².